The van der Waals surface area contributed by atoms with Crippen molar-refractivity contribution in [3.05, 3.63) is 33.4 Å². The van der Waals surface area contributed by atoms with Crippen molar-refractivity contribution in [2.45, 2.75) is 59.9 Å². The molecule has 0 unspecified atom stereocenters. The molecule has 0 aliphatic heterocycles. The van der Waals surface area contributed by atoms with Crippen molar-refractivity contribution in [2.75, 3.05) is 12.4 Å². The zero-order valence-electron chi connectivity index (χ0n) is 15.9. The molecule has 1 aromatic carbocycles. The molecule has 1 N–H and O–H groups in total. The maximum atomic E-state index is 11.8. The van der Waals surface area contributed by atoms with Gasteiger partial charge in [-0.3, -0.25) is 10.1 Å². The van der Waals surface area contributed by atoms with Gasteiger partial charge in [0.1, 0.15) is 5.69 Å². The number of anilines is 1. The van der Waals surface area contributed by atoms with Crippen LogP contribution in [-0.4, -0.2) is 24.0 Å². The van der Waals surface area contributed by atoms with Gasteiger partial charge in [0, 0.05) is 11.6 Å². The van der Waals surface area contributed by atoms with Crippen molar-refractivity contribution >= 4 is 17.3 Å². The Hall–Kier alpha value is -2.11. The highest BCUT2D eigenvalue weighted by Gasteiger charge is 2.39. The molecule has 0 heterocycles. The number of hydrogen-bond acceptors (Lipinski definition) is 5. The predicted molar refractivity (Wildman–Crippen MR) is 98.0 cm³/mol. The SMILES string of the molecule is COC(=O)c1ccc(NC2CC(C)(C)CC(C)(C)C2)c([N+](=O)[O-])c1C. The highest BCUT2D eigenvalue weighted by molar-refractivity contribution is 5.93. The molecule has 6 nitrogen and oxygen atoms in total. The molecule has 0 aromatic heterocycles. The average molecular weight is 348 g/mol. The van der Waals surface area contributed by atoms with Crippen LogP contribution in [0, 0.1) is 27.9 Å². The second-order valence-corrected chi connectivity index (χ2v) is 8.64. The van der Waals surface area contributed by atoms with Gasteiger partial charge in [-0.05, 0) is 49.1 Å². The minimum Gasteiger partial charge on any atom is -0.465 e. The zero-order valence-corrected chi connectivity index (χ0v) is 15.9. The highest BCUT2D eigenvalue weighted by Crippen LogP contribution is 2.47. The van der Waals surface area contributed by atoms with Gasteiger partial charge in [-0.2, -0.15) is 0 Å². The van der Waals surface area contributed by atoms with Gasteiger partial charge in [0.2, 0.25) is 0 Å². The van der Waals surface area contributed by atoms with Gasteiger partial charge >= 0.3 is 5.97 Å². The Morgan fingerprint density at radius 3 is 2.28 bits per heavy atom. The molecule has 25 heavy (non-hydrogen) atoms. The summed E-state index contributed by atoms with van der Waals surface area (Å²) < 4.78 is 4.71. The summed E-state index contributed by atoms with van der Waals surface area (Å²) >= 11 is 0. The molecule has 0 saturated heterocycles. The van der Waals surface area contributed by atoms with Crippen LogP contribution in [-0.2, 0) is 4.74 Å². The van der Waals surface area contributed by atoms with E-state index in [-0.39, 0.29) is 28.1 Å². The van der Waals surface area contributed by atoms with E-state index in [1.54, 1.807) is 19.1 Å². The van der Waals surface area contributed by atoms with E-state index in [0.29, 0.717) is 11.3 Å². The molecule has 1 aliphatic rings. The van der Waals surface area contributed by atoms with Gasteiger partial charge in [-0.15, -0.1) is 0 Å². The first-order valence-corrected chi connectivity index (χ1v) is 8.59. The number of methoxy groups -OCH3 is 1. The number of nitro groups is 1. The fourth-order valence-electron chi connectivity index (χ4n) is 4.55. The molecule has 1 fully saturated rings. The van der Waals surface area contributed by atoms with Crippen LogP contribution in [0.2, 0.25) is 0 Å². The fourth-order valence-corrected chi connectivity index (χ4v) is 4.55. The number of benzene rings is 1. The van der Waals surface area contributed by atoms with E-state index in [1.165, 1.54) is 7.11 Å². The standard InChI is InChI=1S/C19H28N2O4/c1-12-14(17(22)25-6)7-8-15(16(12)21(23)24)20-13-9-18(2,3)11-19(4,5)10-13/h7-8,13,20H,9-11H2,1-6H3. The average Bonchev–Trinajstić information content (AvgIpc) is 2.42. The maximum Gasteiger partial charge on any atom is 0.338 e. The summed E-state index contributed by atoms with van der Waals surface area (Å²) in [4.78, 5) is 23.0. The lowest BCUT2D eigenvalue weighted by Crippen LogP contribution is -2.40. The molecule has 1 aliphatic carbocycles. The monoisotopic (exact) mass is 348 g/mol. The Morgan fingerprint density at radius 1 is 1.24 bits per heavy atom. The number of nitrogens with zero attached hydrogens (tertiary/aromatic N) is 1. The van der Waals surface area contributed by atoms with Gasteiger partial charge in [0.05, 0.1) is 17.6 Å². The summed E-state index contributed by atoms with van der Waals surface area (Å²) in [6.45, 7) is 10.5. The molecule has 6 heteroatoms. The van der Waals surface area contributed by atoms with Crippen molar-refractivity contribution < 1.29 is 14.5 Å². The van der Waals surface area contributed by atoms with Crippen LogP contribution in [0.25, 0.3) is 0 Å². The summed E-state index contributed by atoms with van der Waals surface area (Å²) in [6, 6.07) is 3.36. The van der Waals surface area contributed by atoms with E-state index < -0.39 is 10.9 Å². The number of carbonyl (C=O) groups is 1. The molecule has 0 bridgehead atoms. The molecule has 1 saturated carbocycles. The van der Waals surface area contributed by atoms with Crippen LogP contribution < -0.4 is 5.32 Å². The van der Waals surface area contributed by atoms with Gasteiger partial charge < -0.3 is 10.1 Å². The number of esters is 1. The number of nitrogens with one attached hydrogen (secondary N) is 1. The Balaban J connectivity index is 2.38. The lowest BCUT2D eigenvalue weighted by molar-refractivity contribution is -0.384. The molecule has 1 aromatic rings. The highest BCUT2D eigenvalue weighted by atomic mass is 16.6. The van der Waals surface area contributed by atoms with E-state index in [2.05, 4.69) is 33.0 Å². The van der Waals surface area contributed by atoms with Crippen molar-refractivity contribution in [3.8, 4) is 0 Å². The minimum absolute atomic E-state index is 0.0518. The van der Waals surface area contributed by atoms with Gasteiger partial charge in [0.25, 0.3) is 5.69 Å². The van der Waals surface area contributed by atoms with Crippen LogP contribution in [0.4, 0.5) is 11.4 Å². The molecule has 138 valence electrons. The Morgan fingerprint density at radius 2 is 1.80 bits per heavy atom. The van der Waals surface area contributed by atoms with E-state index in [0.717, 1.165) is 19.3 Å². The van der Waals surface area contributed by atoms with Crippen LogP contribution in [0.15, 0.2) is 12.1 Å². The second kappa shape index (κ2) is 6.65. The van der Waals surface area contributed by atoms with Crippen molar-refractivity contribution in [3.63, 3.8) is 0 Å². The molecular weight excluding hydrogens is 320 g/mol. The van der Waals surface area contributed by atoms with Gasteiger partial charge in [-0.1, -0.05) is 27.7 Å². The van der Waals surface area contributed by atoms with Crippen LogP contribution in [0.1, 0.15) is 62.9 Å². The summed E-state index contributed by atoms with van der Waals surface area (Å²) in [5.74, 6) is -0.563. The molecular formula is C19H28N2O4. The Labute approximate surface area is 149 Å². The number of nitro benzene ring substituents is 1. The molecule has 0 atom stereocenters. The van der Waals surface area contributed by atoms with E-state index in [9.17, 15) is 14.9 Å². The van der Waals surface area contributed by atoms with E-state index in [1.807, 2.05) is 0 Å². The van der Waals surface area contributed by atoms with Gasteiger partial charge in [-0.25, -0.2) is 4.79 Å². The number of rotatable bonds is 4. The van der Waals surface area contributed by atoms with Gasteiger partial charge in [0.15, 0.2) is 0 Å². The van der Waals surface area contributed by atoms with E-state index in [4.69, 9.17) is 4.74 Å². The predicted octanol–water partition coefficient (Wildman–Crippen LogP) is 4.71. The lowest BCUT2D eigenvalue weighted by Gasteiger charge is -2.45. The van der Waals surface area contributed by atoms with Crippen molar-refractivity contribution in [2.24, 2.45) is 10.8 Å². The zero-order chi connectivity index (χ0) is 19.0. The summed E-state index contributed by atoms with van der Waals surface area (Å²) in [5, 5.41) is 15.0. The van der Waals surface area contributed by atoms with Crippen molar-refractivity contribution in [1.82, 2.24) is 0 Å². The minimum atomic E-state index is -0.563. The number of hydrogen-bond donors (Lipinski definition) is 1. The first kappa shape index (κ1) is 19.2. The number of carbonyl (C=O) groups excluding carboxylic acids is 1. The molecule has 0 spiro atoms. The molecule has 0 radical (unpaired) electrons. The second-order valence-electron chi connectivity index (χ2n) is 8.64. The Bertz CT molecular complexity index is 679. The van der Waals surface area contributed by atoms with E-state index >= 15 is 0 Å². The normalized spacial score (nSPS) is 19.3. The first-order chi connectivity index (χ1) is 11.5. The third-order valence-electron chi connectivity index (χ3n) is 4.93. The fraction of sp³-hybridized carbons (Fsp3) is 0.632. The summed E-state index contributed by atoms with van der Waals surface area (Å²) in [6.07, 6.45) is 3.03. The maximum absolute atomic E-state index is 11.8. The van der Waals surface area contributed by atoms with Crippen LogP contribution in [0.3, 0.4) is 0 Å². The number of ether oxygens (including phenoxy) is 1. The van der Waals surface area contributed by atoms with Crippen LogP contribution >= 0.6 is 0 Å². The molecule has 2 rings (SSSR count). The van der Waals surface area contributed by atoms with Crippen LogP contribution in [0.5, 0.6) is 0 Å². The lowest BCUT2D eigenvalue weighted by atomic mass is 9.63. The Kier molecular flexibility index (Phi) is 5.11. The topological polar surface area (TPSA) is 81.5 Å². The summed E-state index contributed by atoms with van der Waals surface area (Å²) in [7, 11) is 1.27. The first-order valence-electron chi connectivity index (χ1n) is 8.59. The third-order valence-corrected chi connectivity index (χ3v) is 4.93. The third kappa shape index (κ3) is 4.30. The smallest absolute Gasteiger partial charge is 0.338 e. The quantitative estimate of drug-likeness (QED) is 0.484. The summed E-state index contributed by atoms with van der Waals surface area (Å²) in [5.41, 5.74) is 1.32. The van der Waals surface area contributed by atoms with Crippen molar-refractivity contribution in [1.29, 1.82) is 0 Å². The molecule has 0 amide bonds. The largest absolute Gasteiger partial charge is 0.465 e.